The monoisotopic (exact) mass is 194 g/mol. The molecule has 0 spiro atoms. The lowest BCUT2D eigenvalue weighted by molar-refractivity contribution is 0.0687. The Morgan fingerprint density at radius 2 is 2.36 bits per heavy atom. The average Bonchev–Trinajstić information content (AvgIpc) is 2.92. The maximum absolute atomic E-state index is 11.5. The van der Waals surface area contributed by atoms with Gasteiger partial charge in [-0.25, -0.2) is 9.78 Å². The molecule has 74 valence electrons. The molecule has 0 atom stereocenters. The molecule has 1 aromatic rings. The first-order chi connectivity index (χ1) is 6.68. The van der Waals surface area contributed by atoms with Gasteiger partial charge < -0.3 is 9.67 Å². The topological polar surface area (TPSA) is 72.2 Å². The first kappa shape index (κ1) is 8.93. The van der Waals surface area contributed by atoms with E-state index in [-0.39, 0.29) is 0 Å². The molecule has 0 bridgehead atoms. The number of aromatic nitrogens is 2. The molecular weight excluding hydrogens is 184 g/mol. The summed E-state index contributed by atoms with van der Waals surface area (Å²) in [7, 11) is 0. The Bertz CT molecular complexity index is 420. The number of rotatable bonds is 3. The molecule has 0 aromatic carbocycles. The van der Waals surface area contributed by atoms with E-state index in [1.807, 2.05) is 0 Å². The lowest BCUT2D eigenvalue weighted by Crippen LogP contribution is -2.27. The molecule has 14 heavy (non-hydrogen) atoms. The number of hydrogen-bond acceptors (Lipinski definition) is 3. The Labute approximate surface area is 80.0 Å². The van der Waals surface area contributed by atoms with E-state index >= 15 is 0 Å². The summed E-state index contributed by atoms with van der Waals surface area (Å²) in [5, 5.41) is 8.66. The predicted octanol–water partition coefficient (Wildman–Crippen LogP) is 0.352. The van der Waals surface area contributed by atoms with Crippen LogP contribution in [-0.2, 0) is 6.54 Å². The largest absolute Gasteiger partial charge is 0.476 e. The number of carboxylic acids is 1. The molecule has 2 rings (SSSR count). The van der Waals surface area contributed by atoms with Crippen LogP contribution in [-0.4, -0.2) is 20.6 Å². The van der Waals surface area contributed by atoms with Gasteiger partial charge in [0.05, 0.1) is 0 Å². The number of carbonyl (C=O) groups is 1. The van der Waals surface area contributed by atoms with Gasteiger partial charge in [-0.1, -0.05) is 0 Å². The molecule has 1 saturated carbocycles. The van der Waals surface area contributed by atoms with Gasteiger partial charge in [0.15, 0.2) is 0 Å². The van der Waals surface area contributed by atoms with E-state index in [4.69, 9.17) is 5.11 Å². The maximum atomic E-state index is 11.5. The normalized spacial score (nSPS) is 15.4. The highest BCUT2D eigenvalue weighted by Crippen LogP contribution is 2.29. The second-order valence-corrected chi connectivity index (χ2v) is 3.48. The third kappa shape index (κ3) is 1.66. The van der Waals surface area contributed by atoms with Crippen LogP contribution in [0.4, 0.5) is 0 Å². The first-order valence-corrected chi connectivity index (χ1v) is 4.47. The van der Waals surface area contributed by atoms with Crippen molar-refractivity contribution >= 4 is 5.97 Å². The van der Waals surface area contributed by atoms with Crippen LogP contribution in [0.2, 0.25) is 0 Å². The summed E-state index contributed by atoms with van der Waals surface area (Å²) in [6.07, 6.45) is 5.13. The van der Waals surface area contributed by atoms with Gasteiger partial charge in [0.2, 0.25) is 5.69 Å². The van der Waals surface area contributed by atoms with Crippen molar-refractivity contribution in [3.8, 4) is 0 Å². The highest BCUT2D eigenvalue weighted by Gasteiger charge is 2.23. The van der Waals surface area contributed by atoms with Crippen LogP contribution in [0.5, 0.6) is 0 Å². The minimum Gasteiger partial charge on any atom is -0.476 e. The van der Waals surface area contributed by atoms with Crippen molar-refractivity contribution in [1.29, 1.82) is 0 Å². The molecule has 0 amide bonds. The molecule has 5 nitrogen and oxygen atoms in total. The summed E-state index contributed by atoms with van der Waals surface area (Å²) in [5.41, 5.74) is -0.903. The molecule has 1 fully saturated rings. The summed E-state index contributed by atoms with van der Waals surface area (Å²) < 4.78 is 1.42. The van der Waals surface area contributed by atoms with Crippen LogP contribution < -0.4 is 5.56 Å². The predicted molar refractivity (Wildman–Crippen MR) is 48.2 cm³/mol. The molecule has 0 radical (unpaired) electrons. The van der Waals surface area contributed by atoms with E-state index in [9.17, 15) is 9.59 Å². The van der Waals surface area contributed by atoms with Gasteiger partial charge in [0.1, 0.15) is 0 Å². The van der Waals surface area contributed by atoms with E-state index in [1.165, 1.54) is 17.0 Å². The minimum atomic E-state index is -1.26. The van der Waals surface area contributed by atoms with Crippen LogP contribution >= 0.6 is 0 Å². The summed E-state index contributed by atoms with van der Waals surface area (Å²) in [5.74, 6) is -0.725. The molecule has 1 N–H and O–H groups in total. The summed E-state index contributed by atoms with van der Waals surface area (Å²) in [4.78, 5) is 25.6. The van der Waals surface area contributed by atoms with Crippen LogP contribution in [0.15, 0.2) is 17.2 Å². The molecular formula is C9H10N2O3. The van der Waals surface area contributed by atoms with Gasteiger partial charge >= 0.3 is 5.97 Å². The van der Waals surface area contributed by atoms with E-state index in [1.54, 1.807) is 0 Å². The van der Waals surface area contributed by atoms with Crippen molar-refractivity contribution < 1.29 is 9.90 Å². The zero-order chi connectivity index (χ0) is 10.1. The van der Waals surface area contributed by atoms with Gasteiger partial charge in [-0.2, -0.15) is 0 Å². The van der Waals surface area contributed by atoms with E-state index in [2.05, 4.69) is 4.98 Å². The van der Waals surface area contributed by atoms with Crippen molar-refractivity contribution in [3.05, 3.63) is 28.4 Å². The highest BCUT2D eigenvalue weighted by atomic mass is 16.4. The fourth-order valence-corrected chi connectivity index (χ4v) is 1.32. The second-order valence-electron chi connectivity index (χ2n) is 3.48. The van der Waals surface area contributed by atoms with Crippen molar-refractivity contribution in [2.75, 3.05) is 0 Å². The van der Waals surface area contributed by atoms with Crippen LogP contribution in [0.3, 0.4) is 0 Å². The van der Waals surface area contributed by atoms with Crippen LogP contribution in [0, 0.1) is 5.92 Å². The summed E-state index contributed by atoms with van der Waals surface area (Å²) >= 11 is 0. The quantitative estimate of drug-likeness (QED) is 0.753. The third-order valence-corrected chi connectivity index (χ3v) is 2.27. The summed E-state index contributed by atoms with van der Waals surface area (Å²) in [6.45, 7) is 0.613. The highest BCUT2D eigenvalue weighted by molar-refractivity contribution is 5.84. The smallest absolute Gasteiger partial charge is 0.360 e. The number of hydrogen-bond donors (Lipinski definition) is 1. The lowest BCUT2D eigenvalue weighted by atomic mass is 10.4. The fraction of sp³-hybridized carbons (Fsp3) is 0.444. The third-order valence-electron chi connectivity index (χ3n) is 2.27. The second kappa shape index (κ2) is 3.25. The Hall–Kier alpha value is -1.65. The van der Waals surface area contributed by atoms with Gasteiger partial charge in [0.25, 0.3) is 5.56 Å². The Morgan fingerprint density at radius 1 is 1.64 bits per heavy atom. The SMILES string of the molecule is O=C(O)c1nccn(CC2CC2)c1=O. The van der Waals surface area contributed by atoms with Gasteiger partial charge in [0, 0.05) is 18.9 Å². The molecule has 0 saturated heterocycles. The van der Waals surface area contributed by atoms with Gasteiger partial charge in [-0.05, 0) is 18.8 Å². The molecule has 1 heterocycles. The van der Waals surface area contributed by atoms with E-state index in [0.29, 0.717) is 12.5 Å². The maximum Gasteiger partial charge on any atom is 0.360 e. The Balaban J connectivity index is 2.35. The van der Waals surface area contributed by atoms with Crippen molar-refractivity contribution in [3.63, 3.8) is 0 Å². The number of carboxylic acid groups (broad SMARTS) is 1. The Morgan fingerprint density at radius 3 is 2.93 bits per heavy atom. The minimum absolute atomic E-state index is 0.395. The van der Waals surface area contributed by atoms with Gasteiger partial charge in [-0.3, -0.25) is 4.79 Å². The summed E-state index contributed by atoms with van der Waals surface area (Å²) in [6, 6.07) is 0. The lowest BCUT2D eigenvalue weighted by Gasteiger charge is -2.03. The van der Waals surface area contributed by atoms with E-state index in [0.717, 1.165) is 12.8 Å². The molecule has 1 aliphatic carbocycles. The zero-order valence-corrected chi connectivity index (χ0v) is 7.51. The Kier molecular flexibility index (Phi) is 2.07. The molecule has 1 aliphatic rings. The van der Waals surface area contributed by atoms with Crippen LogP contribution in [0.1, 0.15) is 23.3 Å². The van der Waals surface area contributed by atoms with E-state index < -0.39 is 17.2 Å². The van der Waals surface area contributed by atoms with Gasteiger partial charge in [-0.15, -0.1) is 0 Å². The van der Waals surface area contributed by atoms with Crippen molar-refractivity contribution in [1.82, 2.24) is 9.55 Å². The van der Waals surface area contributed by atoms with Crippen LogP contribution in [0.25, 0.3) is 0 Å². The molecule has 5 heteroatoms. The average molecular weight is 194 g/mol. The zero-order valence-electron chi connectivity index (χ0n) is 7.51. The van der Waals surface area contributed by atoms with Crippen molar-refractivity contribution in [2.45, 2.75) is 19.4 Å². The first-order valence-electron chi connectivity index (χ1n) is 4.47. The molecule has 0 aliphatic heterocycles. The number of aromatic carboxylic acids is 1. The molecule has 0 unspecified atom stereocenters. The standard InChI is InChI=1S/C9H10N2O3/c12-8-7(9(13)14)10-3-4-11(8)5-6-1-2-6/h3-4,6H,1-2,5H2,(H,13,14). The fourth-order valence-electron chi connectivity index (χ4n) is 1.32. The molecule has 1 aromatic heterocycles. The number of nitrogens with zero attached hydrogens (tertiary/aromatic N) is 2. The van der Waals surface area contributed by atoms with Crippen molar-refractivity contribution in [2.24, 2.45) is 5.92 Å².